The van der Waals surface area contributed by atoms with Crippen LogP contribution in [0.5, 0.6) is 0 Å². The van der Waals surface area contributed by atoms with Crippen molar-refractivity contribution in [2.24, 2.45) is 0 Å². The van der Waals surface area contributed by atoms with E-state index in [1.165, 1.54) is 11.1 Å². The molecule has 164 valence electrons. The zero-order chi connectivity index (χ0) is 22.7. The first kappa shape index (κ1) is 21.6. The molecule has 0 aromatic heterocycles. The largest absolute Gasteiger partial charge is 0.344 e. The Labute approximate surface area is 187 Å². The van der Waals surface area contributed by atoms with Crippen molar-refractivity contribution in [3.8, 4) is 12.3 Å². The van der Waals surface area contributed by atoms with Crippen molar-refractivity contribution in [2.45, 2.75) is 37.8 Å². The fourth-order valence-electron chi connectivity index (χ4n) is 4.69. The molecule has 1 fully saturated rings. The minimum absolute atomic E-state index is 0.0231. The van der Waals surface area contributed by atoms with Crippen molar-refractivity contribution >= 4 is 17.8 Å². The Morgan fingerprint density at radius 3 is 2.66 bits per heavy atom. The van der Waals surface area contributed by atoms with Crippen LogP contribution in [0.1, 0.15) is 42.5 Å². The van der Waals surface area contributed by atoms with Crippen molar-refractivity contribution in [2.75, 3.05) is 13.1 Å². The number of aryl methyl sites for hydroxylation is 1. The SMILES string of the molecule is C#CCN(CC(=O)NN1C(=O)NC(CC)(c2ccccc2)C1=O)C1CCc2ccccc21. The van der Waals surface area contributed by atoms with Gasteiger partial charge in [-0.1, -0.05) is 67.4 Å². The van der Waals surface area contributed by atoms with E-state index in [4.69, 9.17) is 6.42 Å². The lowest BCUT2D eigenvalue weighted by Crippen LogP contribution is -2.51. The number of fused-ring (bicyclic) bond motifs is 1. The lowest BCUT2D eigenvalue weighted by molar-refractivity contribution is -0.140. The van der Waals surface area contributed by atoms with Gasteiger partial charge in [0.25, 0.3) is 11.8 Å². The van der Waals surface area contributed by atoms with E-state index >= 15 is 0 Å². The van der Waals surface area contributed by atoms with Crippen LogP contribution in [0.25, 0.3) is 0 Å². The summed E-state index contributed by atoms with van der Waals surface area (Å²) in [4.78, 5) is 40.6. The molecule has 0 bridgehead atoms. The minimum Gasteiger partial charge on any atom is -0.318 e. The molecule has 0 spiro atoms. The van der Waals surface area contributed by atoms with Gasteiger partial charge in [0.2, 0.25) is 0 Å². The van der Waals surface area contributed by atoms with Crippen LogP contribution in [0.2, 0.25) is 0 Å². The Balaban J connectivity index is 1.49. The highest BCUT2D eigenvalue weighted by Gasteiger charge is 2.52. The number of hydrogen-bond acceptors (Lipinski definition) is 4. The standard InChI is InChI=1S/C25H26N4O3/c1-3-16-28(21-15-14-18-10-8-9-13-20(18)21)17-22(30)27-29-23(31)25(4-2,26-24(29)32)19-11-6-5-7-12-19/h1,5-13,21H,4,14-17H2,2H3,(H,26,32)(H,27,30). The molecule has 1 aliphatic carbocycles. The molecule has 32 heavy (non-hydrogen) atoms. The van der Waals surface area contributed by atoms with Crippen LogP contribution < -0.4 is 10.7 Å². The Hall–Kier alpha value is -3.63. The maximum atomic E-state index is 13.2. The first-order valence-corrected chi connectivity index (χ1v) is 10.8. The van der Waals surface area contributed by atoms with Crippen molar-refractivity contribution in [3.05, 3.63) is 71.3 Å². The molecule has 2 unspecified atom stereocenters. The smallest absolute Gasteiger partial charge is 0.318 e. The number of urea groups is 1. The number of hydrazine groups is 1. The van der Waals surface area contributed by atoms with Gasteiger partial charge in [0.15, 0.2) is 0 Å². The van der Waals surface area contributed by atoms with Crippen molar-refractivity contribution in [1.82, 2.24) is 20.7 Å². The minimum atomic E-state index is -1.20. The van der Waals surface area contributed by atoms with Gasteiger partial charge in [-0.3, -0.25) is 19.9 Å². The number of carbonyl (C=O) groups is 3. The van der Waals surface area contributed by atoms with E-state index in [1.54, 1.807) is 12.1 Å². The number of amides is 4. The maximum absolute atomic E-state index is 13.2. The van der Waals surface area contributed by atoms with Gasteiger partial charge in [-0.15, -0.1) is 6.42 Å². The molecule has 0 radical (unpaired) electrons. The van der Waals surface area contributed by atoms with E-state index in [1.807, 2.05) is 42.2 Å². The molecule has 4 amide bonds. The Morgan fingerprint density at radius 1 is 1.22 bits per heavy atom. The second-order valence-electron chi connectivity index (χ2n) is 8.09. The van der Waals surface area contributed by atoms with Gasteiger partial charge in [-0.05, 0) is 36.0 Å². The average Bonchev–Trinajstić information content (AvgIpc) is 3.34. The van der Waals surface area contributed by atoms with Gasteiger partial charge < -0.3 is 5.32 Å². The molecular formula is C25H26N4O3. The second-order valence-corrected chi connectivity index (χ2v) is 8.09. The Morgan fingerprint density at radius 2 is 1.94 bits per heavy atom. The molecule has 2 aromatic rings. The second kappa shape index (κ2) is 8.85. The highest BCUT2D eigenvalue weighted by molar-refractivity contribution is 6.08. The number of rotatable bonds is 7. The first-order valence-electron chi connectivity index (χ1n) is 10.8. The van der Waals surface area contributed by atoms with Gasteiger partial charge >= 0.3 is 6.03 Å². The number of nitrogens with zero attached hydrogens (tertiary/aromatic N) is 2. The monoisotopic (exact) mass is 430 g/mol. The number of hydrogen-bond donors (Lipinski definition) is 2. The zero-order valence-corrected chi connectivity index (χ0v) is 18.0. The topological polar surface area (TPSA) is 81.8 Å². The molecule has 2 atom stereocenters. The summed E-state index contributed by atoms with van der Waals surface area (Å²) < 4.78 is 0. The van der Waals surface area contributed by atoms with E-state index in [0.717, 1.165) is 17.9 Å². The summed E-state index contributed by atoms with van der Waals surface area (Å²) in [6, 6.07) is 16.5. The highest BCUT2D eigenvalue weighted by atomic mass is 16.2. The number of nitrogens with one attached hydrogen (secondary N) is 2. The van der Waals surface area contributed by atoms with Crippen LogP contribution >= 0.6 is 0 Å². The Kier molecular flexibility index (Phi) is 5.97. The average molecular weight is 431 g/mol. The van der Waals surface area contributed by atoms with Crippen molar-refractivity contribution in [1.29, 1.82) is 0 Å². The third kappa shape index (κ3) is 3.74. The summed E-state index contributed by atoms with van der Waals surface area (Å²) in [6.45, 7) is 2.09. The van der Waals surface area contributed by atoms with Gasteiger partial charge in [-0.2, -0.15) is 5.01 Å². The summed E-state index contributed by atoms with van der Waals surface area (Å²) in [5.74, 6) is 1.66. The van der Waals surface area contributed by atoms with E-state index < -0.39 is 23.4 Å². The van der Waals surface area contributed by atoms with Crippen molar-refractivity contribution in [3.63, 3.8) is 0 Å². The third-order valence-corrected chi connectivity index (χ3v) is 6.31. The molecular weight excluding hydrogens is 404 g/mol. The molecule has 7 heteroatoms. The molecule has 1 saturated heterocycles. The van der Waals surface area contributed by atoms with E-state index in [9.17, 15) is 14.4 Å². The van der Waals surface area contributed by atoms with Crippen LogP contribution in [-0.4, -0.2) is 40.8 Å². The van der Waals surface area contributed by atoms with E-state index in [2.05, 4.69) is 28.8 Å². The summed E-state index contributed by atoms with van der Waals surface area (Å²) >= 11 is 0. The van der Waals surface area contributed by atoms with Crippen LogP contribution in [0.4, 0.5) is 4.79 Å². The fraction of sp³-hybridized carbons (Fsp3) is 0.320. The summed E-state index contributed by atoms with van der Waals surface area (Å²) in [7, 11) is 0. The van der Waals surface area contributed by atoms with Gasteiger partial charge in [0, 0.05) is 6.04 Å². The molecule has 1 aliphatic heterocycles. The molecule has 2 aliphatic rings. The number of terminal acetylenes is 1. The van der Waals surface area contributed by atoms with Crippen LogP contribution in [0, 0.1) is 12.3 Å². The summed E-state index contributed by atoms with van der Waals surface area (Å²) in [6.07, 6.45) is 7.71. The molecule has 1 heterocycles. The number of imide groups is 1. The van der Waals surface area contributed by atoms with E-state index in [-0.39, 0.29) is 19.1 Å². The van der Waals surface area contributed by atoms with Crippen LogP contribution in [0.15, 0.2) is 54.6 Å². The molecule has 0 saturated carbocycles. The molecule has 4 rings (SSSR count). The van der Waals surface area contributed by atoms with Gasteiger partial charge in [0.1, 0.15) is 5.54 Å². The summed E-state index contributed by atoms with van der Waals surface area (Å²) in [5.41, 5.74) is 4.39. The lowest BCUT2D eigenvalue weighted by atomic mass is 9.87. The predicted molar refractivity (Wildman–Crippen MR) is 120 cm³/mol. The molecule has 2 aromatic carbocycles. The molecule has 2 N–H and O–H groups in total. The Bertz CT molecular complexity index is 1080. The lowest BCUT2D eigenvalue weighted by Gasteiger charge is -2.28. The zero-order valence-electron chi connectivity index (χ0n) is 18.0. The fourth-order valence-corrected chi connectivity index (χ4v) is 4.69. The van der Waals surface area contributed by atoms with Crippen LogP contribution in [-0.2, 0) is 21.5 Å². The summed E-state index contributed by atoms with van der Waals surface area (Å²) in [5, 5.41) is 3.55. The molecule has 7 nitrogen and oxygen atoms in total. The van der Waals surface area contributed by atoms with Crippen LogP contribution in [0.3, 0.4) is 0 Å². The van der Waals surface area contributed by atoms with Gasteiger partial charge in [0.05, 0.1) is 13.1 Å². The van der Waals surface area contributed by atoms with E-state index in [0.29, 0.717) is 12.0 Å². The quantitative estimate of drug-likeness (QED) is 0.522. The van der Waals surface area contributed by atoms with Crippen molar-refractivity contribution < 1.29 is 14.4 Å². The predicted octanol–water partition coefficient (Wildman–Crippen LogP) is 2.50. The first-order chi connectivity index (χ1) is 15.5. The van der Waals surface area contributed by atoms with Gasteiger partial charge in [-0.25, -0.2) is 4.79 Å². The number of benzene rings is 2. The maximum Gasteiger partial charge on any atom is 0.344 e. The highest BCUT2D eigenvalue weighted by Crippen LogP contribution is 2.35. The normalized spacial score (nSPS) is 21.9. The number of carbonyl (C=O) groups excluding carboxylic acids is 3. The third-order valence-electron chi connectivity index (χ3n) is 6.31.